The van der Waals surface area contributed by atoms with E-state index >= 15 is 0 Å². The number of hydrogen-bond acceptors (Lipinski definition) is 4. The van der Waals surface area contributed by atoms with Crippen LogP contribution in [0.25, 0.3) is 10.9 Å². The van der Waals surface area contributed by atoms with Gasteiger partial charge in [0.15, 0.2) is 4.87 Å². The van der Waals surface area contributed by atoms with Gasteiger partial charge in [-0.25, -0.2) is 0 Å². The van der Waals surface area contributed by atoms with E-state index in [0.717, 1.165) is 16.5 Å². The summed E-state index contributed by atoms with van der Waals surface area (Å²) in [7, 11) is 0. The van der Waals surface area contributed by atoms with Crippen LogP contribution >= 0.6 is 11.8 Å². The van der Waals surface area contributed by atoms with Gasteiger partial charge in [-0.1, -0.05) is 18.2 Å². The number of carbonyl (C=O) groups is 2. The van der Waals surface area contributed by atoms with Crippen molar-refractivity contribution in [2.75, 3.05) is 6.26 Å². The van der Waals surface area contributed by atoms with Gasteiger partial charge in [0, 0.05) is 23.5 Å². The zero-order valence-corrected chi connectivity index (χ0v) is 13.7. The molecule has 0 bridgehead atoms. The first-order chi connectivity index (χ1) is 11.0. The van der Waals surface area contributed by atoms with Gasteiger partial charge in [0.05, 0.1) is 6.10 Å². The first-order valence-electron chi connectivity index (χ1n) is 7.38. The first kappa shape index (κ1) is 15.9. The number of benzene rings is 1. The van der Waals surface area contributed by atoms with Gasteiger partial charge in [0.2, 0.25) is 5.91 Å². The van der Waals surface area contributed by atoms with Crippen LogP contribution in [0.5, 0.6) is 0 Å². The number of aliphatic hydroxyl groups excluding tert-OH is 1. The lowest BCUT2D eigenvalue weighted by Crippen LogP contribution is -2.70. The van der Waals surface area contributed by atoms with E-state index in [2.05, 4.69) is 15.6 Å². The second kappa shape index (κ2) is 5.90. The number of para-hydroxylation sites is 1. The Morgan fingerprint density at radius 1 is 1.35 bits per heavy atom. The molecular weight excluding hydrogens is 314 g/mol. The van der Waals surface area contributed by atoms with Gasteiger partial charge in [-0.3, -0.25) is 9.59 Å². The summed E-state index contributed by atoms with van der Waals surface area (Å²) >= 11 is 1.29. The van der Waals surface area contributed by atoms with Crippen LogP contribution in [-0.4, -0.2) is 45.2 Å². The van der Waals surface area contributed by atoms with Gasteiger partial charge in [0.1, 0.15) is 6.04 Å². The molecule has 2 heterocycles. The van der Waals surface area contributed by atoms with Crippen LogP contribution in [0.3, 0.4) is 0 Å². The van der Waals surface area contributed by atoms with Crippen molar-refractivity contribution in [2.45, 2.75) is 30.4 Å². The molecule has 1 saturated heterocycles. The average molecular weight is 333 g/mol. The van der Waals surface area contributed by atoms with E-state index in [9.17, 15) is 14.7 Å². The summed E-state index contributed by atoms with van der Waals surface area (Å²) in [6, 6.07) is 6.92. The molecule has 6 nitrogen and oxygen atoms in total. The maximum Gasteiger partial charge on any atom is 0.257 e. The van der Waals surface area contributed by atoms with Gasteiger partial charge in [-0.2, -0.15) is 0 Å². The third-order valence-corrected chi connectivity index (χ3v) is 5.33. The van der Waals surface area contributed by atoms with Crippen LogP contribution in [0.2, 0.25) is 0 Å². The maximum absolute atomic E-state index is 12.6. The van der Waals surface area contributed by atoms with Crippen LogP contribution < -0.4 is 10.6 Å². The normalized spacial score (nSPS) is 26.0. The summed E-state index contributed by atoms with van der Waals surface area (Å²) in [6.07, 6.45) is 3.08. The summed E-state index contributed by atoms with van der Waals surface area (Å²) in [5.41, 5.74) is 1.95. The molecule has 3 atom stereocenters. The quantitative estimate of drug-likeness (QED) is 0.665. The summed E-state index contributed by atoms with van der Waals surface area (Å²) in [6.45, 7) is 1.48. The zero-order chi connectivity index (χ0) is 16.6. The summed E-state index contributed by atoms with van der Waals surface area (Å²) in [5.74, 6) is -0.658. The number of H-pyrrole nitrogens is 1. The third kappa shape index (κ3) is 2.70. The Hall–Kier alpha value is -1.99. The number of aromatic amines is 1. The van der Waals surface area contributed by atoms with E-state index in [1.165, 1.54) is 18.7 Å². The molecule has 23 heavy (non-hydrogen) atoms. The number of rotatable bonds is 4. The lowest BCUT2D eigenvalue weighted by Gasteiger charge is -2.39. The standard InChI is InChI=1S/C16H19N3O3S/c1-9(20)13-14(21)19-16(23-2,15(22)18-13)7-10-8-17-12-6-4-3-5-11(10)12/h3-6,8-9,13,17,20H,7H2,1-2H3,(H,18,22)(H,19,21)/t9?,13-,16-/m0/s1. The largest absolute Gasteiger partial charge is 0.391 e. The van der Waals surface area contributed by atoms with Gasteiger partial charge < -0.3 is 20.7 Å². The van der Waals surface area contributed by atoms with Crippen molar-refractivity contribution >= 4 is 34.5 Å². The van der Waals surface area contributed by atoms with Crippen LogP contribution in [0, 0.1) is 0 Å². The fourth-order valence-electron chi connectivity index (χ4n) is 2.88. The van der Waals surface area contributed by atoms with E-state index in [-0.39, 0.29) is 11.8 Å². The Morgan fingerprint density at radius 3 is 2.78 bits per heavy atom. The van der Waals surface area contributed by atoms with Crippen molar-refractivity contribution < 1.29 is 14.7 Å². The molecule has 1 aromatic heterocycles. The van der Waals surface area contributed by atoms with Crippen molar-refractivity contribution in [3.8, 4) is 0 Å². The molecule has 0 spiro atoms. The summed E-state index contributed by atoms with van der Waals surface area (Å²) in [5, 5.41) is 16.1. The number of aliphatic hydroxyl groups is 1. The summed E-state index contributed by atoms with van der Waals surface area (Å²) < 4.78 is 0. The molecule has 1 unspecified atom stereocenters. The molecule has 122 valence electrons. The highest BCUT2D eigenvalue weighted by molar-refractivity contribution is 8.00. The minimum Gasteiger partial charge on any atom is -0.391 e. The van der Waals surface area contributed by atoms with Crippen LogP contribution in [0.1, 0.15) is 12.5 Å². The number of piperazine rings is 1. The predicted molar refractivity (Wildman–Crippen MR) is 90.0 cm³/mol. The Balaban J connectivity index is 1.93. The van der Waals surface area contributed by atoms with Crippen molar-refractivity contribution in [1.82, 2.24) is 15.6 Å². The molecule has 7 heteroatoms. The Labute approximate surface area is 138 Å². The van der Waals surface area contributed by atoms with Crippen molar-refractivity contribution in [3.05, 3.63) is 36.0 Å². The molecule has 1 aliphatic rings. The zero-order valence-electron chi connectivity index (χ0n) is 12.9. The Kier molecular flexibility index (Phi) is 4.08. The van der Waals surface area contributed by atoms with E-state index in [1.54, 1.807) is 6.26 Å². The van der Waals surface area contributed by atoms with Crippen molar-refractivity contribution in [3.63, 3.8) is 0 Å². The highest BCUT2D eigenvalue weighted by Crippen LogP contribution is 2.31. The average Bonchev–Trinajstić information content (AvgIpc) is 2.93. The lowest BCUT2D eigenvalue weighted by molar-refractivity contribution is -0.140. The van der Waals surface area contributed by atoms with E-state index < -0.39 is 17.0 Å². The van der Waals surface area contributed by atoms with Gasteiger partial charge >= 0.3 is 0 Å². The molecule has 0 saturated carbocycles. The van der Waals surface area contributed by atoms with Crippen molar-refractivity contribution in [1.29, 1.82) is 0 Å². The smallest absolute Gasteiger partial charge is 0.257 e. The fraction of sp³-hybridized carbons (Fsp3) is 0.375. The second-order valence-electron chi connectivity index (χ2n) is 5.75. The van der Waals surface area contributed by atoms with Crippen LogP contribution in [0.15, 0.2) is 30.5 Å². The molecule has 2 aromatic rings. The highest BCUT2D eigenvalue weighted by Gasteiger charge is 2.47. The molecule has 1 aliphatic heterocycles. The van der Waals surface area contributed by atoms with E-state index in [1.807, 2.05) is 30.5 Å². The fourth-order valence-corrected chi connectivity index (χ4v) is 3.63. The number of nitrogens with one attached hydrogen (secondary N) is 3. The highest BCUT2D eigenvalue weighted by atomic mass is 32.2. The first-order valence-corrected chi connectivity index (χ1v) is 8.60. The minimum atomic E-state index is -1.08. The molecule has 4 N–H and O–H groups in total. The van der Waals surface area contributed by atoms with Gasteiger partial charge in [0.25, 0.3) is 5.91 Å². The van der Waals surface area contributed by atoms with Gasteiger partial charge in [-0.15, -0.1) is 11.8 Å². The number of fused-ring (bicyclic) bond motifs is 1. The molecule has 0 aliphatic carbocycles. The molecule has 0 radical (unpaired) electrons. The monoisotopic (exact) mass is 333 g/mol. The molecular formula is C16H19N3O3S. The lowest BCUT2D eigenvalue weighted by atomic mass is 9.99. The van der Waals surface area contributed by atoms with E-state index in [0.29, 0.717) is 6.42 Å². The molecule has 1 fully saturated rings. The molecule has 3 rings (SSSR count). The van der Waals surface area contributed by atoms with Gasteiger partial charge in [-0.05, 0) is 24.8 Å². The second-order valence-corrected chi connectivity index (χ2v) is 6.85. The summed E-state index contributed by atoms with van der Waals surface area (Å²) in [4.78, 5) is 26.9. The molecule has 1 aromatic carbocycles. The van der Waals surface area contributed by atoms with Crippen LogP contribution in [0.4, 0.5) is 0 Å². The van der Waals surface area contributed by atoms with Crippen LogP contribution in [-0.2, 0) is 16.0 Å². The topological polar surface area (TPSA) is 94.2 Å². The predicted octanol–water partition coefficient (Wildman–Crippen LogP) is 0.765. The minimum absolute atomic E-state index is 0.291. The third-order valence-electron chi connectivity index (χ3n) is 4.21. The number of hydrogen-bond donors (Lipinski definition) is 4. The van der Waals surface area contributed by atoms with E-state index in [4.69, 9.17) is 0 Å². The number of thioether (sulfide) groups is 1. The van der Waals surface area contributed by atoms with Crippen molar-refractivity contribution in [2.24, 2.45) is 0 Å². The number of carbonyl (C=O) groups excluding carboxylic acids is 2. The SMILES string of the molecule is CS[C@]1(Cc2c[nH]c3ccccc23)NC(=O)[C@H](C(C)O)NC1=O. The number of amides is 2. The number of aromatic nitrogens is 1. The maximum atomic E-state index is 12.6. The molecule has 2 amide bonds. The Morgan fingerprint density at radius 2 is 2.09 bits per heavy atom. The Bertz CT molecular complexity index is 758.